The number of nitrogens with zero attached hydrogens (tertiary/aromatic N) is 1. The maximum Gasteiger partial charge on any atom is 0.264 e. The number of carbonyl (C=O) groups excluding carboxylic acids is 2. The smallest absolute Gasteiger partial charge is 0.264 e. The van der Waals surface area contributed by atoms with Gasteiger partial charge in [-0.2, -0.15) is 0 Å². The highest BCUT2D eigenvalue weighted by Gasteiger charge is 2.38. The number of rotatable bonds is 5. The van der Waals surface area contributed by atoms with Gasteiger partial charge in [0.2, 0.25) is 5.91 Å². The molecule has 1 heterocycles. The predicted molar refractivity (Wildman–Crippen MR) is 103 cm³/mol. The lowest BCUT2D eigenvalue weighted by Crippen LogP contribution is -2.40. The molecular formula is C22H24N2O3. The fourth-order valence-electron chi connectivity index (χ4n) is 3.49. The Bertz CT molecular complexity index is 846. The first-order chi connectivity index (χ1) is 13.1. The summed E-state index contributed by atoms with van der Waals surface area (Å²) in [6, 6.07) is 15.6. The van der Waals surface area contributed by atoms with Crippen LogP contribution in [0, 0.1) is 0 Å². The lowest BCUT2D eigenvalue weighted by atomic mass is 10.1. The monoisotopic (exact) mass is 364 g/mol. The number of carbonyl (C=O) groups is 2. The van der Waals surface area contributed by atoms with Gasteiger partial charge in [-0.15, -0.1) is 0 Å². The summed E-state index contributed by atoms with van der Waals surface area (Å²) in [7, 11) is 0. The molecule has 0 radical (unpaired) electrons. The Kier molecular flexibility index (Phi) is 4.84. The van der Waals surface area contributed by atoms with Gasteiger partial charge in [0.25, 0.3) is 5.91 Å². The van der Waals surface area contributed by atoms with Crippen molar-refractivity contribution in [2.45, 2.75) is 51.3 Å². The fraction of sp³-hybridized carbons (Fsp3) is 0.364. The summed E-state index contributed by atoms with van der Waals surface area (Å²) >= 11 is 0. The summed E-state index contributed by atoms with van der Waals surface area (Å²) < 4.78 is 5.98. The molecule has 1 saturated carbocycles. The molecule has 0 bridgehead atoms. The van der Waals surface area contributed by atoms with E-state index in [-0.39, 0.29) is 11.8 Å². The van der Waals surface area contributed by atoms with E-state index in [1.807, 2.05) is 60.4 Å². The first kappa shape index (κ1) is 17.6. The summed E-state index contributed by atoms with van der Waals surface area (Å²) in [5.41, 5.74) is 2.66. The van der Waals surface area contributed by atoms with E-state index in [4.69, 9.17) is 4.74 Å². The third kappa shape index (κ3) is 3.97. The van der Waals surface area contributed by atoms with Crippen molar-refractivity contribution >= 4 is 17.5 Å². The molecule has 4 rings (SSSR count). The number of benzene rings is 2. The fourth-order valence-corrected chi connectivity index (χ4v) is 3.49. The SMILES string of the molecule is CCC1Oc2ccc(NC(=O)Cc3ccccc3)cc2CN(C2CC2)C1=O. The molecule has 27 heavy (non-hydrogen) atoms. The van der Waals surface area contributed by atoms with E-state index in [2.05, 4.69) is 5.32 Å². The summed E-state index contributed by atoms with van der Waals surface area (Å²) in [5.74, 6) is 0.752. The predicted octanol–water partition coefficient (Wildman–Crippen LogP) is 3.53. The van der Waals surface area contributed by atoms with E-state index >= 15 is 0 Å². The Morgan fingerprint density at radius 2 is 1.96 bits per heavy atom. The number of nitrogens with one attached hydrogen (secondary N) is 1. The second kappa shape index (κ2) is 7.43. The number of anilines is 1. The van der Waals surface area contributed by atoms with Gasteiger partial charge < -0.3 is 15.0 Å². The number of hydrogen-bond donors (Lipinski definition) is 1. The van der Waals surface area contributed by atoms with Gasteiger partial charge in [-0.1, -0.05) is 37.3 Å². The molecule has 1 fully saturated rings. The Hall–Kier alpha value is -2.82. The molecule has 2 aliphatic rings. The first-order valence-electron chi connectivity index (χ1n) is 9.58. The molecule has 0 spiro atoms. The molecule has 2 amide bonds. The Labute approximate surface area is 159 Å². The van der Waals surface area contributed by atoms with Crippen LogP contribution in [0.15, 0.2) is 48.5 Å². The van der Waals surface area contributed by atoms with Crippen LogP contribution in [0.25, 0.3) is 0 Å². The van der Waals surface area contributed by atoms with Crippen LogP contribution in [0.4, 0.5) is 5.69 Å². The van der Waals surface area contributed by atoms with Crippen LogP contribution in [-0.4, -0.2) is 28.9 Å². The van der Waals surface area contributed by atoms with E-state index in [1.54, 1.807) is 0 Å². The van der Waals surface area contributed by atoms with Crippen LogP contribution in [0.3, 0.4) is 0 Å². The van der Waals surface area contributed by atoms with E-state index in [1.165, 1.54) is 0 Å². The van der Waals surface area contributed by atoms with Crippen LogP contribution in [0.5, 0.6) is 5.75 Å². The Morgan fingerprint density at radius 3 is 2.67 bits per heavy atom. The van der Waals surface area contributed by atoms with Crippen LogP contribution >= 0.6 is 0 Å². The van der Waals surface area contributed by atoms with Crippen molar-refractivity contribution in [2.24, 2.45) is 0 Å². The molecule has 1 aliphatic carbocycles. The van der Waals surface area contributed by atoms with Crippen LogP contribution in [0.2, 0.25) is 0 Å². The van der Waals surface area contributed by atoms with E-state index in [0.717, 1.165) is 35.4 Å². The van der Waals surface area contributed by atoms with Crippen molar-refractivity contribution in [3.63, 3.8) is 0 Å². The van der Waals surface area contributed by atoms with Gasteiger partial charge in [-0.05, 0) is 43.0 Å². The van der Waals surface area contributed by atoms with Crippen molar-refractivity contribution in [1.29, 1.82) is 0 Å². The molecule has 140 valence electrons. The lowest BCUT2D eigenvalue weighted by Gasteiger charge is -2.22. The molecule has 0 aromatic heterocycles. The highest BCUT2D eigenvalue weighted by molar-refractivity contribution is 5.92. The average Bonchev–Trinajstić information content (AvgIpc) is 3.50. The second-order valence-corrected chi connectivity index (χ2v) is 7.25. The molecule has 1 aliphatic heterocycles. The quantitative estimate of drug-likeness (QED) is 0.883. The normalized spacial score (nSPS) is 19.1. The lowest BCUT2D eigenvalue weighted by molar-refractivity contribution is -0.139. The number of ether oxygens (including phenoxy) is 1. The molecular weight excluding hydrogens is 340 g/mol. The molecule has 1 unspecified atom stereocenters. The van der Waals surface area contributed by atoms with E-state index < -0.39 is 6.10 Å². The largest absolute Gasteiger partial charge is 0.480 e. The topological polar surface area (TPSA) is 58.6 Å². The molecule has 2 aromatic carbocycles. The van der Waals surface area contributed by atoms with E-state index in [9.17, 15) is 9.59 Å². The molecule has 1 atom stereocenters. The third-order valence-electron chi connectivity index (χ3n) is 5.08. The maximum atomic E-state index is 12.7. The summed E-state index contributed by atoms with van der Waals surface area (Å²) in [4.78, 5) is 27.0. The summed E-state index contributed by atoms with van der Waals surface area (Å²) in [6.45, 7) is 2.51. The van der Waals surface area contributed by atoms with Gasteiger partial charge in [-0.3, -0.25) is 9.59 Å². The minimum atomic E-state index is -0.426. The summed E-state index contributed by atoms with van der Waals surface area (Å²) in [6.07, 6.45) is 2.68. The number of amides is 2. The zero-order valence-electron chi connectivity index (χ0n) is 15.5. The molecule has 2 aromatic rings. The molecule has 1 N–H and O–H groups in total. The van der Waals surface area contributed by atoms with Crippen molar-refractivity contribution in [3.05, 3.63) is 59.7 Å². The molecule has 0 saturated heterocycles. The van der Waals surface area contributed by atoms with Crippen LogP contribution in [0.1, 0.15) is 37.3 Å². The van der Waals surface area contributed by atoms with Gasteiger partial charge in [-0.25, -0.2) is 0 Å². The van der Waals surface area contributed by atoms with Crippen molar-refractivity contribution in [1.82, 2.24) is 4.90 Å². The maximum absolute atomic E-state index is 12.7. The van der Waals surface area contributed by atoms with Gasteiger partial charge in [0.1, 0.15) is 5.75 Å². The van der Waals surface area contributed by atoms with Crippen molar-refractivity contribution in [3.8, 4) is 5.75 Å². The Balaban J connectivity index is 1.51. The van der Waals surface area contributed by atoms with Crippen molar-refractivity contribution < 1.29 is 14.3 Å². The standard InChI is InChI=1S/C22H24N2O3/c1-2-19-22(26)24(18-9-10-18)14-16-13-17(8-11-20(16)27-19)23-21(25)12-15-6-4-3-5-7-15/h3-8,11,13,18-19H,2,9-10,12,14H2,1H3,(H,23,25). The van der Waals surface area contributed by atoms with Gasteiger partial charge in [0.05, 0.1) is 6.42 Å². The first-order valence-corrected chi connectivity index (χ1v) is 9.58. The zero-order chi connectivity index (χ0) is 18.8. The van der Waals surface area contributed by atoms with Crippen LogP contribution in [-0.2, 0) is 22.6 Å². The van der Waals surface area contributed by atoms with Gasteiger partial charge in [0.15, 0.2) is 6.10 Å². The zero-order valence-corrected chi connectivity index (χ0v) is 15.5. The second-order valence-electron chi connectivity index (χ2n) is 7.25. The van der Waals surface area contributed by atoms with Gasteiger partial charge in [0, 0.05) is 23.8 Å². The third-order valence-corrected chi connectivity index (χ3v) is 5.08. The average molecular weight is 364 g/mol. The minimum Gasteiger partial charge on any atom is -0.480 e. The molecule has 5 heteroatoms. The van der Waals surface area contributed by atoms with Gasteiger partial charge >= 0.3 is 0 Å². The number of hydrogen-bond acceptors (Lipinski definition) is 3. The van der Waals surface area contributed by atoms with E-state index in [0.29, 0.717) is 25.4 Å². The van der Waals surface area contributed by atoms with Crippen LogP contribution < -0.4 is 10.1 Å². The Morgan fingerprint density at radius 1 is 1.19 bits per heavy atom. The molecule has 5 nitrogen and oxygen atoms in total. The highest BCUT2D eigenvalue weighted by Crippen LogP contribution is 2.35. The minimum absolute atomic E-state index is 0.0581. The summed E-state index contributed by atoms with van der Waals surface area (Å²) in [5, 5.41) is 2.96. The highest BCUT2D eigenvalue weighted by atomic mass is 16.5. The number of fused-ring (bicyclic) bond motifs is 1. The van der Waals surface area contributed by atoms with Crippen molar-refractivity contribution in [2.75, 3.05) is 5.32 Å².